The molecular weight excluding hydrogens is 588 g/mol. The molecule has 0 amide bonds. The summed E-state index contributed by atoms with van der Waals surface area (Å²) < 4.78 is 179. The molecule has 0 aliphatic heterocycles. The molecule has 2 aromatic carbocycles. The summed E-state index contributed by atoms with van der Waals surface area (Å²) in [6.07, 6.45) is -25.8. The molecule has 0 bridgehead atoms. The summed E-state index contributed by atoms with van der Waals surface area (Å²) in [6, 6.07) is 4.01. The fourth-order valence-electron chi connectivity index (χ4n) is 4.67. The Morgan fingerprint density at radius 2 is 1.05 bits per heavy atom. The maximum absolute atomic E-state index is 14.7. The SMILES string of the molecule is CCOCOC(c1ccc(C(CC)(CC(C)(c2ccc(O)cc2)C(F)(F)F)C(F)(F)F)cc1)(C(F)(F)F)C(F)(F)F. The first-order valence-corrected chi connectivity index (χ1v) is 11.9. The van der Waals surface area contributed by atoms with E-state index in [-0.39, 0.29) is 30.9 Å². The number of hydrogen-bond acceptors (Lipinski definition) is 3. The van der Waals surface area contributed by atoms with Gasteiger partial charge in [-0.15, -0.1) is 0 Å². The summed E-state index contributed by atoms with van der Waals surface area (Å²) in [5, 5.41) is 9.45. The van der Waals surface area contributed by atoms with E-state index in [1.807, 2.05) is 0 Å². The van der Waals surface area contributed by atoms with Crippen LogP contribution in [0.1, 0.15) is 50.3 Å². The van der Waals surface area contributed by atoms with Crippen LogP contribution in [0.2, 0.25) is 0 Å². The largest absolute Gasteiger partial charge is 0.508 e. The van der Waals surface area contributed by atoms with Crippen molar-refractivity contribution in [3.8, 4) is 5.75 Å². The van der Waals surface area contributed by atoms with E-state index in [2.05, 4.69) is 9.47 Å². The van der Waals surface area contributed by atoms with Crippen LogP contribution < -0.4 is 0 Å². The lowest BCUT2D eigenvalue weighted by Crippen LogP contribution is -2.56. The second kappa shape index (κ2) is 11.5. The van der Waals surface area contributed by atoms with E-state index in [0.717, 1.165) is 31.2 Å². The lowest BCUT2D eigenvalue weighted by molar-refractivity contribution is -0.401. The summed E-state index contributed by atoms with van der Waals surface area (Å²) in [6.45, 7) is 0.846. The summed E-state index contributed by atoms with van der Waals surface area (Å²) in [7, 11) is 0. The van der Waals surface area contributed by atoms with Crippen molar-refractivity contribution in [3.05, 3.63) is 65.2 Å². The van der Waals surface area contributed by atoms with Crippen LogP contribution in [0, 0.1) is 0 Å². The quantitative estimate of drug-likeness (QED) is 0.165. The van der Waals surface area contributed by atoms with Crippen LogP contribution in [0.5, 0.6) is 5.75 Å². The van der Waals surface area contributed by atoms with Gasteiger partial charge in [-0.25, -0.2) is 0 Å². The molecule has 0 saturated carbocycles. The Kier molecular flexibility index (Phi) is 9.71. The molecule has 2 aromatic rings. The zero-order valence-corrected chi connectivity index (χ0v) is 21.7. The van der Waals surface area contributed by atoms with Crippen molar-refractivity contribution < 1.29 is 67.3 Å². The third-order valence-corrected chi connectivity index (χ3v) is 7.14. The molecule has 0 saturated heterocycles. The van der Waals surface area contributed by atoms with Crippen LogP contribution in [0.15, 0.2) is 48.5 Å². The van der Waals surface area contributed by atoms with Crippen LogP contribution in [0.25, 0.3) is 0 Å². The lowest BCUT2D eigenvalue weighted by Gasteiger charge is -2.44. The van der Waals surface area contributed by atoms with Crippen LogP contribution in [0.3, 0.4) is 0 Å². The molecule has 3 nitrogen and oxygen atoms in total. The number of aromatic hydroxyl groups is 1. The Morgan fingerprint density at radius 3 is 1.41 bits per heavy atom. The van der Waals surface area contributed by atoms with Crippen molar-refractivity contribution in [1.82, 2.24) is 0 Å². The molecule has 0 heterocycles. The van der Waals surface area contributed by atoms with Gasteiger partial charge < -0.3 is 14.6 Å². The van der Waals surface area contributed by atoms with Crippen LogP contribution >= 0.6 is 0 Å². The highest BCUT2D eigenvalue weighted by Crippen LogP contribution is 2.57. The first-order chi connectivity index (χ1) is 18.5. The summed E-state index contributed by atoms with van der Waals surface area (Å²) in [5.74, 6) is -0.462. The van der Waals surface area contributed by atoms with Crippen molar-refractivity contribution in [2.24, 2.45) is 0 Å². The van der Waals surface area contributed by atoms with Crippen molar-refractivity contribution >= 4 is 0 Å². The van der Waals surface area contributed by atoms with Gasteiger partial charge in [-0.1, -0.05) is 43.3 Å². The van der Waals surface area contributed by atoms with Gasteiger partial charge in [0.05, 0.1) is 10.8 Å². The molecule has 0 spiro atoms. The minimum Gasteiger partial charge on any atom is -0.508 e. The van der Waals surface area contributed by atoms with Crippen molar-refractivity contribution in [2.45, 2.75) is 74.7 Å². The minimum atomic E-state index is -6.16. The third kappa shape index (κ3) is 6.25. The van der Waals surface area contributed by atoms with Gasteiger partial charge in [0.25, 0.3) is 5.60 Å². The maximum Gasteiger partial charge on any atom is 0.430 e. The minimum absolute atomic E-state index is 0.101. The molecule has 232 valence electrons. The van der Waals surface area contributed by atoms with Gasteiger partial charge in [-0.3, -0.25) is 0 Å². The molecule has 2 rings (SSSR count). The normalized spacial score (nSPS) is 16.8. The van der Waals surface area contributed by atoms with Gasteiger partial charge in [-0.2, -0.15) is 52.7 Å². The second-order valence-corrected chi connectivity index (χ2v) is 9.50. The number of alkyl halides is 12. The number of phenolic OH excluding ortho intramolecular Hbond substituents is 1. The smallest absolute Gasteiger partial charge is 0.430 e. The monoisotopic (exact) mass is 614 g/mol. The highest BCUT2D eigenvalue weighted by Gasteiger charge is 2.73. The number of rotatable bonds is 10. The Balaban J connectivity index is 2.80. The van der Waals surface area contributed by atoms with Crippen LogP contribution in [-0.4, -0.2) is 43.2 Å². The average Bonchev–Trinajstić information content (AvgIpc) is 2.82. The van der Waals surface area contributed by atoms with Gasteiger partial charge in [-0.05, 0) is 49.9 Å². The highest BCUT2D eigenvalue weighted by molar-refractivity contribution is 5.39. The summed E-state index contributed by atoms with van der Waals surface area (Å²) >= 11 is 0. The molecule has 0 aliphatic rings. The predicted octanol–water partition coefficient (Wildman–Crippen LogP) is 8.84. The Morgan fingerprint density at radius 1 is 0.610 bits per heavy atom. The van der Waals surface area contributed by atoms with Crippen molar-refractivity contribution in [1.29, 1.82) is 0 Å². The standard InChI is InChI=1S/C26H26F12O3/c1-4-21(24(30,31)32,14-20(3,23(27,28)29)16-10-12-19(39)13-11-16)17-6-8-18(9-7-17)22(25(33,34)35,26(36,37)38)41-15-40-5-2/h6-13,39H,4-5,14-15H2,1-3H3. The second-order valence-electron chi connectivity index (χ2n) is 9.50. The molecule has 0 aliphatic carbocycles. The molecule has 0 aromatic heterocycles. The number of phenols is 1. The zero-order valence-electron chi connectivity index (χ0n) is 21.7. The fourth-order valence-corrected chi connectivity index (χ4v) is 4.67. The van der Waals surface area contributed by atoms with Gasteiger partial charge in [0.1, 0.15) is 12.5 Å². The van der Waals surface area contributed by atoms with Crippen LogP contribution in [-0.2, 0) is 25.9 Å². The number of ether oxygens (including phenoxy) is 2. The number of halogens is 12. The number of benzene rings is 2. The van der Waals surface area contributed by atoms with Crippen LogP contribution in [0.4, 0.5) is 52.7 Å². The highest BCUT2D eigenvalue weighted by atomic mass is 19.4. The van der Waals surface area contributed by atoms with Crippen molar-refractivity contribution in [2.75, 3.05) is 13.4 Å². The first-order valence-electron chi connectivity index (χ1n) is 11.9. The van der Waals surface area contributed by atoms with E-state index in [0.29, 0.717) is 6.92 Å². The van der Waals surface area contributed by atoms with Gasteiger partial charge in [0, 0.05) is 12.2 Å². The fraction of sp³-hybridized carbons (Fsp3) is 0.538. The molecular formula is C26H26F12O3. The molecule has 2 atom stereocenters. The summed E-state index contributed by atoms with van der Waals surface area (Å²) in [5.41, 5.74) is -14.9. The van der Waals surface area contributed by atoms with Crippen molar-refractivity contribution in [3.63, 3.8) is 0 Å². The predicted molar refractivity (Wildman–Crippen MR) is 122 cm³/mol. The Hall–Kier alpha value is -2.68. The molecule has 15 heteroatoms. The van der Waals surface area contributed by atoms with Gasteiger partial charge >= 0.3 is 24.7 Å². The maximum atomic E-state index is 14.7. The first kappa shape index (κ1) is 34.5. The van der Waals surface area contributed by atoms with Gasteiger partial charge in [0.2, 0.25) is 0 Å². The average molecular weight is 614 g/mol. The Labute approximate surface area is 227 Å². The lowest BCUT2D eigenvalue weighted by atomic mass is 9.63. The molecule has 1 N–H and O–H groups in total. The molecule has 41 heavy (non-hydrogen) atoms. The van der Waals surface area contributed by atoms with E-state index in [1.165, 1.54) is 6.92 Å². The van der Waals surface area contributed by atoms with E-state index in [9.17, 15) is 57.8 Å². The van der Waals surface area contributed by atoms with E-state index >= 15 is 0 Å². The molecule has 0 radical (unpaired) electrons. The summed E-state index contributed by atoms with van der Waals surface area (Å²) in [4.78, 5) is 0. The molecule has 2 unspecified atom stereocenters. The molecule has 0 fully saturated rings. The third-order valence-electron chi connectivity index (χ3n) is 7.14. The van der Waals surface area contributed by atoms with E-state index < -0.39 is 83.2 Å². The van der Waals surface area contributed by atoms with E-state index in [4.69, 9.17) is 0 Å². The Bertz CT molecular complexity index is 1120. The topological polar surface area (TPSA) is 38.7 Å². The van der Waals surface area contributed by atoms with E-state index in [1.54, 1.807) is 0 Å². The number of hydrogen-bond donors (Lipinski definition) is 1. The van der Waals surface area contributed by atoms with Gasteiger partial charge in [0.15, 0.2) is 0 Å². The zero-order chi connectivity index (χ0) is 31.7.